The van der Waals surface area contributed by atoms with Gasteiger partial charge in [0.1, 0.15) is 17.1 Å². The summed E-state index contributed by atoms with van der Waals surface area (Å²) in [7, 11) is 1.20. The number of aromatic hydroxyl groups is 1. The lowest BCUT2D eigenvalue weighted by molar-refractivity contribution is -0.154. The number of hydrogen-bond acceptors (Lipinski definition) is 7. The molecule has 186 valence electrons. The van der Waals surface area contributed by atoms with E-state index < -0.39 is 29.1 Å². The molecule has 0 unspecified atom stereocenters. The van der Waals surface area contributed by atoms with Crippen LogP contribution < -0.4 is 10.2 Å². The summed E-state index contributed by atoms with van der Waals surface area (Å²) in [6.07, 6.45) is -1.04. The highest BCUT2D eigenvalue weighted by Gasteiger charge is 2.41. The minimum absolute atomic E-state index is 0.0987. The van der Waals surface area contributed by atoms with Gasteiger partial charge < -0.3 is 19.0 Å². The van der Waals surface area contributed by atoms with E-state index in [2.05, 4.69) is 4.74 Å². The van der Waals surface area contributed by atoms with Gasteiger partial charge in [-0.2, -0.15) is 13.2 Å². The van der Waals surface area contributed by atoms with E-state index >= 15 is 0 Å². The number of benzene rings is 2. The summed E-state index contributed by atoms with van der Waals surface area (Å²) in [6, 6.07) is 7.59. The van der Waals surface area contributed by atoms with Crippen molar-refractivity contribution in [2.24, 2.45) is 0 Å². The predicted molar refractivity (Wildman–Crippen MR) is 121 cm³/mol. The van der Waals surface area contributed by atoms with E-state index in [-0.39, 0.29) is 40.1 Å². The van der Waals surface area contributed by atoms with Crippen LogP contribution in [0, 0.1) is 0 Å². The molecule has 1 aliphatic heterocycles. The number of phenols is 1. The second kappa shape index (κ2) is 9.99. The molecule has 3 aromatic rings. The first-order valence-electron chi connectivity index (χ1n) is 11.2. The molecule has 10 heteroatoms. The van der Waals surface area contributed by atoms with Crippen molar-refractivity contribution in [3.63, 3.8) is 0 Å². The fourth-order valence-electron chi connectivity index (χ4n) is 4.13. The number of fused-ring (bicyclic) bond motifs is 1. The average Bonchev–Trinajstić information content (AvgIpc) is 3.10. The molecule has 1 aromatic heterocycles. The molecule has 2 aromatic carbocycles. The SMILES string of the molecule is COC(=O)c1ccc(Oc2c(C(F)(F)F)oc3c(CN4CCCCCC4)c(O)ccc3c2=O)cc1. The standard InChI is InChI=1S/C25H24F3NO6/c1-33-24(32)15-6-8-16(9-7-15)34-22-20(31)17-10-11-19(30)18(14-29-12-4-2-3-5-13-29)21(17)35-23(22)25(26,27)28/h6-11,30H,2-5,12-14H2,1H3. The zero-order chi connectivity index (χ0) is 25.2. The van der Waals surface area contributed by atoms with E-state index in [4.69, 9.17) is 9.15 Å². The van der Waals surface area contributed by atoms with Crippen molar-refractivity contribution >= 4 is 16.9 Å². The summed E-state index contributed by atoms with van der Waals surface area (Å²) >= 11 is 0. The summed E-state index contributed by atoms with van der Waals surface area (Å²) < 4.78 is 57.1. The van der Waals surface area contributed by atoms with Crippen LogP contribution in [-0.4, -0.2) is 36.2 Å². The van der Waals surface area contributed by atoms with E-state index in [0.29, 0.717) is 0 Å². The lowest BCUT2D eigenvalue weighted by atomic mass is 10.1. The smallest absolute Gasteiger partial charge is 0.453 e. The van der Waals surface area contributed by atoms with Crippen LogP contribution in [0.5, 0.6) is 17.2 Å². The molecule has 2 heterocycles. The molecular weight excluding hydrogens is 467 g/mol. The van der Waals surface area contributed by atoms with Gasteiger partial charge in [0.25, 0.3) is 5.76 Å². The lowest BCUT2D eigenvalue weighted by Gasteiger charge is -2.21. The third-order valence-electron chi connectivity index (χ3n) is 5.93. The monoisotopic (exact) mass is 491 g/mol. The Morgan fingerprint density at radius 1 is 1.06 bits per heavy atom. The first-order valence-corrected chi connectivity index (χ1v) is 11.2. The van der Waals surface area contributed by atoms with E-state index in [9.17, 15) is 27.9 Å². The normalized spacial score (nSPS) is 15.1. The number of methoxy groups -OCH3 is 1. The third kappa shape index (κ3) is 5.27. The second-order valence-corrected chi connectivity index (χ2v) is 8.34. The molecule has 1 N–H and O–H groups in total. The molecule has 0 bridgehead atoms. The van der Waals surface area contributed by atoms with Crippen LogP contribution in [0.4, 0.5) is 13.2 Å². The molecule has 0 saturated carbocycles. The average molecular weight is 491 g/mol. The second-order valence-electron chi connectivity index (χ2n) is 8.34. The fraction of sp³-hybridized carbons (Fsp3) is 0.360. The van der Waals surface area contributed by atoms with Gasteiger partial charge in [-0.15, -0.1) is 0 Å². The number of carbonyl (C=O) groups excluding carboxylic acids is 1. The van der Waals surface area contributed by atoms with Gasteiger partial charge >= 0.3 is 12.1 Å². The zero-order valence-corrected chi connectivity index (χ0v) is 19.0. The van der Waals surface area contributed by atoms with Gasteiger partial charge in [-0.3, -0.25) is 9.69 Å². The van der Waals surface area contributed by atoms with E-state index in [0.717, 1.165) is 38.8 Å². The maximum absolute atomic E-state index is 14.0. The number of phenolic OH excluding ortho intramolecular Hbond substituents is 1. The van der Waals surface area contributed by atoms with Crippen LogP contribution in [0.2, 0.25) is 0 Å². The predicted octanol–water partition coefficient (Wildman–Crippen LogP) is 5.47. The van der Waals surface area contributed by atoms with Crippen LogP contribution in [-0.2, 0) is 17.5 Å². The van der Waals surface area contributed by atoms with Gasteiger partial charge in [0.2, 0.25) is 11.2 Å². The molecule has 0 atom stereocenters. The molecule has 1 saturated heterocycles. The molecular formula is C25H24F3NO6. The number of rotatable bonds is 5. The van der Waals surface area contributed by atoms with Crippen molar-refractivity contribution in [1.29, 1.82) is 0 Å². The van der Waals surface area contributed by atoms with Crippen molar-refractivity contribution in [2.45, 2.75) is 38.4 Å². The van der Waals surface area contributed by atoms with Gasteiger partial charge in [-0.05, 0) is 62.3 Å². The number of hydrogen-bond donors (Lipinski definition) is 1. The Bertz CT molecular complexity index is 1280. The van der Waals surface area contributed by atoms with E-state index in [1.165, 1.54) is 43.5 Å². The van der Waals surface area contributed by atoms with E-state index in [1.807, 2.05) is 4.90 Å². The molecule has 4 rings (SSSR count). The molecule has 0 aliphatic carbocycles. The summed E-state index contributed by atoms with van der Waals surface area (Å²) in [5, 5.41) is 10.3. The van der Waals surface area contributed by atoms with E-state index in [1.54, 1.807) is 0 Å². The van der Waals surface area contributed by atoms with Crippen molar-refractivity contribution in [3.8, 4) is 17.2 Å². The Hall–Kier alpha value is -3.53. The van der Waals surface area contributed by atoms with Crippen molar-refractivity contribution in [1.82, 2.24) is 4.90 Å². The Kier molecular flexibility index (Phi) is 7.02. The van der Waals surface area contributed by atoms with Gasteiger partial charge in [-0.1, -0.05) is 12.8 Å². The van der Waals surface area contributed by atoms with Crippen LogP contribution in [0.3, 0.4) is 0 Å². The molecule has 1 fully saturated rings. The summed E-state index contributed by atoms with van der Waals surface area (Å²) in [6.45, 7) is 1.61. The number of alkyl halides is 3. The molecule has 0 spiro atoms. The summed E-state index contributed by atoms with van der Waals surface area (Å²) in [5.74, 6) is -3.60. The van der Waals surface area contributed by atoms with Gasteiger partial charge in [-0.25, -0.2) is 4.79 Å². The van der Waals surface area contributed by atoms with Crippen molar-refractivity contribution < 1.29 is 37.0 Å². The third-order valence-corrected chi connectivity index (χ3v) is 5.93. The topological polar surface area (TPSA) is 89.2 Å². The molecule has 0 amide bonds. The maximum Gasteiger partial charge on any atom is 0.453 e. The van der Waals surface area contributed by atoms with Crippen LogP contribution in [0.1, 0.15) is 47.4 Å². The largest absolute Gasteiger partial charge is 0.507 e. The van der Waals surface area contributed by atoms with Crippen molar-refractivity contribution in [3.05, 3.63) is 63.5 Å². The van der Waals surface area contributed by atoms with Gasteiger partial charge in [0.15, 0.2) is 0 Å². The van der Waals surface area contributed by atoms with Crippen LogP contribution in [0.15, 0.2) is 45.6 Å². The fourth-order valence-corrected chi connectivity index (χ4v) is 4.13. The summed E-state index contributed by atoms with van der Waals surface area (Å²) in [4.78, 5) is 26.8. The molecule has 0 radical (unpaired) electrons. The minimum atomic E-state index is -5.04. The van der Waals surface area contributed by atoms with Crippen LogP contribution >= 0.6 is 0 Å². The summed E-state index contributed by atoms with van der Waals surface area (Å²) in [5.41, 5.74) is -1.05. The molecule has 35 heavy (non-hydrogen) atoms. The molecule has 7 nitrogen and oxygen atoms in total. The molecule has 1 aliphatic rings. The minimum Gasteiger partial charge on any atom is -0.507 e. The maximum atomic E-state index is 14.0. The first kappa shape index (κ1) is 24.6. The number of carbonyl (C=O) groups is 1. The number of nitrogens with zero attached hydrogens (tertiary/aromatic N) is 1. The Morgan fingerprint density at radius 2 is 1.71 bits per heavy atom. The highest BCUT2D eigenvalue weighted by atomic mass is 19.4. The van der Waals surface area contributed by atoms with Crippen LogP contribution in [0.25, 0.3) is 11.0 Å². The Morgan fingerprint density at radius 3 is 2.31 bits per heavy atom. The number of likely N-dealkylation sites (tertiary alicyclic amines) is 1. The highest BCUT2D eigenvalue weighted by Crippen LogP contribution is 2.40. The number of ether oxygens (including phenoxy) is 2. The zero-order valence-electron chi connectivity index (χ0n) is 19.0. The van der Waals surface area contributed by atoms with Crippen molar-refractivity contribution in [2.75, 3.05) is 20.2 Å². The highest BCUT2D eigenvalue weighted by molar-refractivity contribution is 5.89. The number of halogens is 3. The van der Waals surface area contributed by atoms with Gasteiger partial charge in [0, 0.05) is 6.54 Å². The first-order chi connectivity index (χ1) is 16.7. The Balaban J connectivity index is 1.80. The Labute approximate surface area is 198 Å². The lowest BCUT2D eigenvalue weighted by Crippen LogP contribution is -2.24. The van der Waals surface area contributed by atoms with Gasteiger partial charge in [0.05, 0.1) is 23.6 Å². The number of esters is 1. The quantitative estimate of drug-likeness (QED) is 0.473.